The Labute approximate surface area is 176 Å². The molecular formula is C23H28N2O3S. The van der Waals surface area contributed by atoms with Gasteiger partial charge in [0.15, 0.2) is 0 Å². The van der Waals surface area contributed by atoms with E-state index in [-0.39, 0.29) is 17.7 Å². The highest BCUT2D eigenvalue weighted by Gasteiger charge is 2.28. The molecule has 154 valence electrons. The lowest BCUT2D eigenvalue weighted by Gasteiger charge is -2.26. The molecule has 0 bridgehead atoms. The van der Waals surface area contributed by atoms with Crippen molar-refractivity contribution in [3.8, 4) is 0 Å². The van der Waals surface area contributed by atoms with Gasteiger partial charge in [-0.1, -0.05) is 18.2 Å². The van der Waals surface area contributed by atoms with E-state index in [1.807, 2.05) is 11.0 Å². The molecule has 6 heteroatoms. The minimum Gasteiger partial charge on any atom is -0.378 e. The molecule has 0 saturated carbocycles. The van der Waals surface area contributed by atoms with Gasteiger partial charge in [-0.2, -0.15) is 0 Å². The highest BCUT2D eigenvalue weighted by molar-refractivity contribution is 7.14. The zero-order valence-corrected chi connectivity index (χ0v) is 17.9. The highest BCUT2D eigenvalue weighted by atomic mass is 32.1. The fraction of sp³-hybridized carbons (Fsp3) is 0.478. The van der Waals surface area contributed by atoms with Crippen molar-refractivity contribution in [2.24, 2.45) is 5.92 Å². The Balaban J connectivity index is 1.36. The summed E-state index contributed by atoms with van der Waals surface area (Å²) < 4.78 is 5.34. The van der Waals surface area contributed by atoms with Crippen LogP contribution in [0.25, 0.3) is 0 Å². The Morgan fingerprint density at radius 1 is 1.17 bits per heavy atom. The fourth-order valence-corrected chi connectivity index (χ4v) is 5.20. The number of hydrogen-bond acceptors (Lipinski definition) is 4. The van der Waals surface area contributed by atoms with Crippen molar-refractivity contribution in [1.82, 2.24) is 10.2 Å². The second-order valence-corrected chi connectivity index (χ2v) is 9.18. The van der Waals surface area contributed by atoms with E-state index in [4.69, 9.17) is 4.74 Å². The van der Waals surface area contributed by atoms with Gasteiger partial charge in [0.1, 0.15) is 0 Å². The highest BCUT2D eigenvalue weighted by Crippen LogP contribution is 2.33. The van der Waals surface area contributed by atoms with E-state index in [1.54, 1.807) is 11.3 Å². The molecule has 1 aromatic heterocycles. The average molecular weight is 413 g/mol. The molecule has 1 aliphatic heterocycles. The largest absolute Gasteiger partial charge is 0.378 e. The number of aryl methyl sites for hydroxylation is 3. The van der Waals surface area contributed by atoms with Crippen LogP contribution in [0.5, 0.6) is 0 Å². The number of carbonyl (C=O) groups is 2. The predicted octanol–water partition coefficient (Wildman–Crippen LogP) is 3.26. The summed E-state index contributed by atoms with van der Waals surface area (Å²) in [5, 5.41) is 3.10. The first-order valence-electron chi connectivity index (χ1n) is 10.3. The number of morpholine rings is 1. The molecule has 1 N–H and O–H groups in total. The van der Waals surface area contributed by atoms with E-state index in [0.717, 1.165) is 29.7 Å². The number of nitrogens with zero attached hydrogens (tertiary/aromatic N) is 1. The first kappa shape index (κ1) is 20.1. The van der Waals surface area contributed by atoms with E-state index in [9.17, 15) is 9.59 Å². The molecule has 2 aromatic rings. The third kappa shape index (κ3) is 4.54. The third-order valence-electron chi connectivity index (χ3n) is 6.00. The number of rotatable bonds is 4. The molecule has 2 aliphatic rings. The summed E-state index contributed by atoms with van der Waals surface area (Å²) in [6.07, 6.45) is 2.44. The van der Waals surface area contributed by atoms with E-state index in [2.05, 4.69) is 37.4 Å². The zero-order valence-electron chi connectivity index (χ0n) is 17.1. The number of benzene rings is 1. The van der Waals surface area contributed by atoms with Crippen LogP contribution >= 0.6 is 11.3 Å². The molecule has 1 unspecified atom stereocenters. The van der Waals surface area contributed by atoms with E-state index in [1.165, 1.54) is 21.6 Å². The summed E-state index contributed by atoms with van der Waals surface area (Å²) in [5.74, 6) is 0.194. The molecule has 1 aliphatic carbocycles. The van der Waals surface area contributed by atoms with Gasteiger partial charge in [0.05, 0.1) is 18.1 Å². The number of fused-ring (bicyclic) bond motifs is 1. The summed E-state index contributed by atoms with van der Waals surface area (Å²) in [6, 6.07) is 8.32. The van der Waals surface area contributed by atoms with Crippen LogP contribution in [-0.2, 0) is 28.9 Å². The molecule has 2 amide bonds. The van der Waals surface area contributed by atoms with Gasteiger partial charge in [0.25, 0.3) is 5.91 Å². The maximum absolute atomic E-state index is 12.7. The van der Waals surface area contributed by atoms with Crippen LogP contribution < -0.4 is 5.32 Å². The van der Waals surface area contributed by atoms with Crippen molar-refractivity contribution < 1.29 is 14.3 Å². The van der Waals surface area contributed by atoms with Crippen LogP contribution in [0.15, 0.2) is 24.3 Å². The molecule has 29 heavy (non-hydrogen) atoms. The van der Waals surface area contributed by atoms with Crippen LogP contribution in [-0.4, -0.2) is 43.0 Å². The summed E-state index contributed by atoms with van der Waals surface area (Å²) >= 11 is 1.60. The lowest BCUT2D eigenvalue weighted by atomic mass is 9.87. The number of thiophene rings is 1. The lowest BCUT2D eigenvalue weighted by molar-refractivity contribution is -0.125. The Kier molecular flexibility index (Phi) is 6.01. The fourth-order valence-electron chi connectivity index (χ4n) is 4.02. The van der Waals surface area contributed by atoms with Crippen LogP contribution in [0.2, 0.25) is 0 Å². The van der Waals surface area contributed by atoms with Crippen molar-refractivity contribution in [1.29, 1.82) is 0 Å². The average Bonchev–Trinajstić information content (AvgIpc) is 3.17. The van der Waals surface area contributed by atoms with Gasteiger partial charge in [-0.05, 0) is 61.4 Å². The van der Waals surface area contributed by atoms with E-state index in [0.29, 0.717) is 32.8 Å². The van der Waals surface area contributed by atoms with Crippen LogP contribution in [0.1, 0.15) is 43.2 Å². The van der Waals surface area contributed by atoms with Gasteiger partial charge < -0.3 is 15.0 Å². The summed E-state index contributed by atoms with van der Waals surface area (Å²) in [4.78, 5) is 29.4. The summed E-state index contributed by atoms with van der Waals surface area (Å²) in [5.41, 5.74) is 4.81. The normalized spacial score (nSPS) is 19.0. The van der Waals surface area contributed by atoms with E-state index < -0.39 is 0 Å². The molecule has 5 nitrogen and oxygen atoms in total. The van der Waals surface area contributed by atoms with Crippen LogP contribution in [0.3, 0.4) is 0 Å². The van der Waals surface area contributed by atoms with Crippen LogP contribution in [0, 0.1) is 19.8 Å². The molecule has 1 saturated heterocycles. The van der Waals surface area contributed by atoms with Gasteiger partial charge in [-0.3, -0.25) is 9.59 Å². The van der Waals surface area contributed by atoms with Gasteiger partial charge >= 0.3 is 0 Å². The summed E-state index contributed by atoms with van der Waals surface area (Å²) in [7, 11) is 0. The second-order valence-electron chi connectivity index (χ2n) is 8.04. The van der Waals surface area contributed by atoms with Gasteiger partial charge in [-0.25, -0.2) is 0 Å². The first-order valence-corrected chi connectivity index (χ1v) is 11.2. The number of ether oxygens (including phenoxy) is 1. The second kappa shape index (κ2) is 8.67. The Morgan fingerprint density at radius 3 is 2.72 bits per heavy atom. The van der Waals surface area contributed by atoms with Crippen molar-refractivity contribution in [3.63, 3.8) is 0 Å². The number of hydrogen-bond donors (Lipinski definition) is 1. The van der Waals surface area contributed by atoms with Gasteiger partial charge in [-0.15, -0.1) is 11.3 Å². The van der Waals surface area contributed by atoms with E-state index >= 15 is 0 Å². The Bertz CT molecular complexity index is 915. The Morgan fingerprint density at radius 2 is 1.97 bits per heavy atom. The zero-order chi connectivity index (χ0) is 20.4. The molecular weight excluding hydrogens is 384 g/mol. The quantitative estimate of drug-likeness (QED) is 0.839. The molecule has 1 atom stereocenters. The minimum absolute atomic E-state index is 0.0185. The monoisotopic (exact) mass is 412 g/mol. The van der Waals surface area contributed by atoms with Crippen molar-refractivity contribution in [2.45, 2.75) is 39.7 Å². The van der Waals surface area contributed by atoms with Gasteiger partial charge in [0.2, 0.25) is 5.91 Å². The molecule has 2 heterocycles. The smallest absolute Gasteiger partial charge is 0.264 e. The molecule has 1 aromatic carbocycles. The Hall–Kier alpha value is -2.18. The topological polar surface area (TPSA) is 58.6 Å². The van der Waals surface area contributed by atoms with Crippen molar-refractivity contribution in [3.05, 3.63) is 56.3 Å². The minimum atomic E-state index is -0.0185. The predicted molar refractivity (Wildman–Crippen MR) is 114 cm³/mol. The molecule has 0 spiro atoms. The molecule has 0 radical (unpaired) electrons. The number of amides is 2. The lowest BCUT2D eigenvalue weighted by Crippen LogP contribution is -2.40. The standard InChI is InChI=1S/C23H28N2O3S/c1-15-3-4-17(11-16(15)2)14-24-22(26)18-5-6-20-19(12-18)13-21(29-20)23(27)25-7-9-28-10-8-25/h3-4,11,13,18H,5-10,12,14H2,1-2H3,(H,24,26). The molecule has 1 fully saturated rings. The number of carbonyl (C=O) groups excluding carboxylic acids is 2. The third-order valence-corrected chi connectivity index (χ3v) is 7.23. The SMILES string of the molecule is Cc1ccc(CNC(=O)C2CCc3sc(C(=O)N4CCOCC4)cc3C2)cc1C. The first-order chi connectivity index (χ1) is 14.0. The molecule has 4 rings (SSSR count). The summed E-state index contributed by atoms with van der Waals surface area (Å²) in [6.45, 7) is 7.29. The van der Waals surface area contributed by atoms with Crippen molar-refractivity contribution in [2.75, 3.05) is 26.3 Å². The van der Waals surface area contributed by atoms with Crippen LogP contribution in [0.4, 0.5) is 0 Å². The van der Waals surface area contributed by atoms with Gasteiger partial charge in [0, 0.05) is 30.4 Å². The maximum Gasteiger partial charge on any atom is 0.264 e. The number of nitrogens with one attached hydrogen (secondary N) is 1. The maximum atomic E-state index is 12.7. The van der Waals surface area contributed by atoms with Crippen molar-refractivity contribution >= 4 is 23.2 Å².